The number of nitrogens with zero attached hydrogens (tertiary/aromatic N) is 1. The Labute approximate surface area is 106 Å². The highest BCUT2D eigenvalue weighted by Crippen LogP contribution is 2.31. The predicted molar refractivity (Wildman–Crippen MR) is 69.0 cm³/mol. The first-order valence-corrected chi connectivity index (χ1v) is 5.68. The van der Waals surface area contributed by atoms with Gasteiger partial charge in [-0.05, 0) is 30.8 Å². The van der Waals surface area contributed by atoms with Crippen molar-refractivity contribution in [1.29, 1.82) is 0 Å². The number of benzene rings is 1. The summed E-state index contributed by atoms with van der Waals surface area (Å²) in [6.07, 6.45) is 1.74. The van der Waals surface area contributed by atoms with E-state index in [1.165, 1.54) is 0 Å². The fraction of sp³-hybridized carbons (Fsp3) is 0.308. The van der Waals surface area contributed by atoms with Gasteiger partial charge in [0.2, 0.25) is 0 Å². The number of H-pyrrole nitrogens is 1. The zero-order valence-electron chi connectivity index (χ0n) is 10.7. The topological polar surface area (TPSA) is 59.2 Å². The Bertz CT molecular complexity index is 497. The molecule has 0 bridgehead atoms. The Balaban J connectivity index is 2.37. The maximum atomic E-state index is 5.31. The van der Waals surface area contributed by atoms with Gasteiger partial charge in [0.25, 0.3) is 0 Å². The molecule has 1 atom stereocenters. The lowest BCUT2D eigenvalue weighted by atomic mass is 10.0. The summed E-state index contributed by atoms with van der Waals surface area (Å²) >= 11 is 0. The smallest absolute Gasteiger partial charge is 0.161 e. The molecular weight excluding hydrogens is 230 g/mol. The average Bonchev–Trinajstić information content (AvgIpc) is 2.93. The second-order valence-electron chi connectivity index (χ2n) is 3.85. The van der Waals surface area contributed by atoms with Gasteiger partial charge in [0.1, 0.15) is 0 Å². The van der Waals surface area contributed by atoms with Gasteiger partial charge >= 0.3 is 0 Å². The molecule has 2 N–H and O–H groups in total. The third-order valence-electron chi connectivity index (χ3n) is 2.86. The molecular formula is C13H17N3O2. The zero-order chi connectivity index (χ0) is 13.0. The number of methoxy groups -OCH3 is 2. The van der Waals surface area contributed by atoms with Gasteiger partial charge in [-0.2, -0.15) is 5.10 Å². The van der Waals surface area contributed by atoms with Crippen LogP contribution in [0.25, 0.3) is 0 Å². The van der Waals surface area contributed by atoms with E-state index < -0.39 is 0 Å². The number of hydrogen-bond donors (Lipinski definition) is 2. The summed E-state index contributed by atoms with van der Waals surface area (Å²) in [4.78, 5) is 0. The molecule has 0 spiro atoms. The molecule has 2 rings (SSSR count). The van der Waals surface area contributed by atoms with Crippen LogP contribution < -0.4 is 14.8 Å². The van der Waals surface area contributed by atoms with Crippen LogP contribution in [0.3, 0.4) is 0 Å². The van der Waals surface area contributed by atoms with Crippen molar-refractivity contribution in [2.75, 3.05) is 21.3 Å². The van der Waals surface area contributed by atoms with Gasteiger partial charge in [-0.1, -0.05) is 6.07 Å². The van der Waals surface area contributed by atoms with E-state index in [9.17, 15) is 0 Å². The van der Waals surface area contributed by atoms with Crippen LogP contribution in [-0.2, 0) is 0 Å². The van der Waals surface area contributed by atoms with Crippen LogP contribution in [0, 0.1) is 0 Å². The minimum atomic E-state index is 0.0484. The standard InChI is InChI=1S/C13H17N3O2/c1-14-13(10-6-7-15-16-10)9-4-5-11(17-2)12(8-9)18-3/h4-8,13-14H,1-3H3,(H,15,16). The summed E-state index contributed by atoms with van der Waals surface area (Å²) in [5, 5.41) is 10.2. The summed E-state index contributed by atoms with van der Waals surface area (Å²) in [6.45, 7) is 0. The van der Waals surface area contributed by atoms with Crippen molar-refractivity contribution in [2.24, 2.45) is 0 Å². The monoisotopic (exact) mass is 247 g/mol. The van der Waals surface area contributed by atoms with E-state index in [2.05, 4.69) is 15.5 Å². The summed E-state index contributed by atoms with van der Waals surface area (Å²) in [5.74, 6) is 1.44. The number of hydrogen-bond acceptors (Lipinski definition) is 4. The molecule has 0 aliphatic heterocycles. The predicted octanol–water partition coefficient (Wildman–Crippen LogP) is 1.74. The highest BCUT2D eigenvalue weighted by atomic mass is 16.5. The van der Waals surface area contributed by atoms with Gasteiger partial charge in [-0.15, -0.1) is 0 Å². The van der Waals surface area contributed by atoms with Gasteiger partial charge in [0.05, 0.1) is 26.0 Å². The Morgan fingerprint density at radius 1 is 1.17 bits per heavy atom. The largest absolute Gasteiger partial charge is 0.493 e. The van der Waals surface area contributed by atoms with E-state index in [4.69, 9.17) is 9.47 Å². The molecule has 0 aliphatic carbocycles. The molecule has 18 heavy (non-hydrogen) atoms. The SMILES string of the molecule is CNC(c1ccc(OC)c(OC)c1)c1ccn[nH]1. The molecule has 1 heterocycles. The Morgan fingerprint density at radius 2 is 1.94 bits per heavy atom. The summed E-state index contributed by atoms with van der Waals surface area (Å²) in [6, 6.07) is 7.85. The lowest BCUT2D eigenvalue weighted by molar-refractivity contribution is 0.354. The normalized spacial score (nSPS) is 12.2. The number of aromatic nitrogens is 2. The number of ether oxygens (including phenoxy) is 2. The van der Waals surface area contributed by atoms with Crippen molar-refractivity contribution in [2.45, 2.75) is 6.04 Å². The van der Waals surface area contributed by atoms with Crippen LogP contribution in [0.5, 0.6) is 11.5 Å². The van der Waals surface area contributed by atoms with Crippen molar-refractivity contribution >= 4 is 0 Å². The molecule has 0 saturated carbocycles. The lowest BCUT2D eigenvalue weighted by Gasteiger charge is -2.17. The first-order valence-electron chi connectivity index (χ1n) is 5.68. The highest BCUT2D eigenvalue weighted by Gasteiger charge is 2.15. The van der Waals surface area contributed by atoms with Crippen LogP contribution in [0.1, 0.15) is 17.3 Å². The molecule has 0 fully saturated rings. The average molecular weight is 247 g/mol. The summed E-state index contributed by atoms with van der Waals surface area (Å²) < 4.78 is 10.5. The molecule has 0 aliphatic rings. The van der Waals surface area contributed by atoms with Crippen molar-refractivity contribution < 1.29 is 9.47 Å². The van der Waals surface area contributed by atoms with Crippen molar-refractivity contribution in [1.82, 2.24) is 15.5 Å². The van der Waals surface area contributed by atoms with E-state index in [1.54, 1.807) is 20.4 Å². The van der Waals surface area contributed by atoms with E-state index in [0.717, 1.165) is 22.8 Å². The maximum absolute atomic E-state index is 5.31. The Kier molecular flexibility index (Phi) is 3.84. The third-order valence-corrected chi connectivity index (χ3v) is 2.86. The summed E-state index contributed by atoms with van der Waals surface area (Å²) in [5.41, 5.74) is 2.09. The third kappa shape index (κ3) is 2.31. The van der Waals surface area contributed by atoms with Gasteiger partial charge in [-0.25, -0.2) is 0 Å². The minimum absolute atomic E-state index is 0.0484. The minimum Gasteiger partial charge on any atom is -0.493 e. The number of aromatic amines is 1. The number of rotatable bonds is 5. The van der Waals surface area contributed by atoms with Crippen LogP contribution in [0.2, 0.25) is 0 Å². The molecule has 1 aromatic carbocycles. The van der Waals surface area contributed by atoms with Gasteiger partial charge in [0.15, 0.2) is 11.5 Å². The van der Waals surface area contributed by atoms with Crippen LogP contribution in [0.4, 0.5) is 0 Å². The molecule has 1 unspecified atom stereocenters. The quantitative estimate of drug-likeness (QED) is 0.845. The van der Waals surface area contributed by atoms with E-state index in [1.807, 2.05) is 31.3 Å². The van der Waals surface area contributed by atoms with Crippen LogP contribution in [0.15, 0.2) is 30.5 Å². The fourth-order valence-corrected chi connectivity index (χ4v) is 1.96. The summed E-state index contributed by atoms with van der Waals surface area (Å²) in [7, 11) is 5.16. The van der Waals surface area contributed by atoms with Crippen LogP contribution in [-0.4, -0.2) is 31.5 Å². The van der Waals surface area contributed by atoms with E-state index in [-0.39, 0.29) is 6.04 Å². The molecule has 0 saturated heterocycles. The highest BCUT2D eigenvalue weighted by molar-refractivity contribution is 5.45. The molecule has 2 aromatic rings. The number of nitrogens with one attached hydrogen (secondary N) is 2. The van der Waals surface area contributed by atoms with Crippen LogP contribution >= 0.6 is 0 Å². The van der Waals surface area contributed by atoms with E-state index in [0.29, 0.717) is 0 Å². The second-order valence-corrected chi connectivity index (χ2v) is 3.85. The Morgan fingerprint density at radius 3 is 2.50 bits per heavy atom. The van der Waals surface area contributed by atoms with Gasteiger partial charge < -0.3 is 14.8 Å². The molecule has 96 valence electrons. The van der Waals surface area contributed by atoms with Crippen molar-refractivity contribution in [3.63, 3.8) is 0 Å². The van der Waals surface area contributed by atoms with Crippen molar-refractivity contribution in [3.05, 3.63) is 41.7 Å². The first kappa shape index (κ1) is 12.4. The van der Waals surface area contributed by atoms with Crippen molar-refractivity contribution in [3.8, 4) is 11.5 Å². The molecule has 5 heteroatoms. The molecule has 1 aromatic heterocycles. The molecule has 0 amide bonds. The van der Waals surface area contributed by atoms with Gasteiger partial charge in [0, 0.05) is 6.20 Å². The maximum Gasteiger partial charge on any atom is 0.161 e. The lowest BCUT2D eigenvalue weighted by Crippen LogP contribution is -2.18. The molecule has 5 nitrogen and oxygen atoms in total. The fourth-order valence-electron chi connectivity index (χ4n) is 1.96. The van der Waals surface area contributed by atoms with E-state index >= 15 is 0 Å². The molecule has 0 radical (unpaired) electrons. The zero-order valence-corrected chi connectivity index (χ0v) is 10.7. The second kappa shape index (κ2) is 5.55. The Hall–Kier alpha value is -2.01. The first-order chi connectivity index (χ1) is 8.80. The van der Waals surface area contributed by atoms with Gasteiger partial charge in [-0.3, -0.25) is 5.10 Å².